The van der Waals surface area contributed by atoms with Crippen LogP contribution in [0, 0.1) is 17.3 Å². The first kappa shape index (κ1) is 12.4. The minimum atomic E-state index is -0.0726. The molecule has 3 unspecified atom stereocenters. The molecule has 4 heteroatoms. The fourth-order valence-electron chi connectivity index (χ4n) is 4.53. The van der Waals surface area contributed by atoms with Crippen molar-refractivity contribution in [1.82, 2.24) is 4.90 Å². The number of oxime groups is 1. The molecule has 0 amide bonds. The first-order valence-corrected chi connectivity index (χ1v) is 7.05. The van der Waals surface area contributed by atoms with Crippen LogP contribution in [0.5, 0.6) is 0 Å². The molecule has 0 aromatic heterocycles. The molecular formula is C14H24N2O2. The normalized spacial score (nSPS) is 45.8. The predicted octanol–water partition coefficient (Wildman–Crippen LogP) is 1.97. The van der Waals surface area contributed by atoms with Crippen LogP contribution in [0.25, 0.3) is 0 Å². The molecule has 0 spiro atoms. The highest BCUT2D eigenvalue weighted by molar-refractivity contribution is 5.95. The Morgan fingerprint density at radius 3 is 2.50 bits per heavy atom. The smallest absolute Gasteiger partial charge is 0.0776 e. The lowest BCUT2D eigenvalue weighted by atomic mass is 9.42. The Bertz CT molecular complexity index is 374. The molecule has 3 atom stereocenters. The number of hydrogen-bond acceptors (Lipinski definition) is 4. The highest BCUT2D eigenvalue weighted by Gasteiger charge is 2.64. The largest absolute Gasteiger partial charge is 0.411 e. The maximum absolute atomic E-state index is 9.40. The molecular weight excluding hydrogens is 228 g/mol. The van der Waals surface area contributed by atoms with Crippen molar-refractivity contribution in [3.63, 3.8) is 0 Å². The van der Waals surface area contributed by atoms with Crippen LogP contribution in [-0.2, 0) is 4.74 Å². The van der Waals surface area contributed by atoms with E-state index in [4.69, 9.17) is 4.74 Å². The summed E-state index contributed by atoms with van der Waals surface area (Å²) in [6, 6.07) is 0. The van der Waals surface area contributed by atoms with Crippen molar-refractivity contribution in [3.8, 4) is 0 Å². The molecule has 1 N–H and O–H groups in total. The summed E-state index contributed by atoms with van der Waals surface area (Å²) in [5, 5.41) is 13.1. The SMILES string of the molecule is CC1(C)C2CC(=NO)C(C)(N3CCOCC3)C1C2. The van der Waals surface area contributed by atoms with E-state index < -0.39 is 0 Å². The minimum absolute atomic E-state index is 0.0726. The van der Waals surface area contributed by atoms with E-state index in [1.54, 1.807) is 0 Å². The third kappa shape index (κ3) is 1.42. The topological polar surface area (TPSA) is 45.1 Å². The Kier molecular flexibility index (Phi) is 2.72. The highest BCUT2D eigenvalue weighted by atomic mass is 16.5. The zero-order valence-corrected chi connectivity index (χ0v) is 11.6. The summed E-state index contributed by atoms with van der Waals surface area (Å²) in [4.78, 5) is 2.48. The molecule has 18 heavy (non-hydrogen) atoms. The molecule has 3 aliphatic carbocycles. The van der Waals surface area contributed by atoms with E-state index in [-0.39, 0.29) is 5.54 Å². The Balaban J connectivity index is 1.94. The minimum Gasteiger partial charge on any atom is -0.411 e. The molecule has 0 radical (unpaired) electrons. The van der Waals surface area contributed by atoms with Crippen molar-refractivity contribution in [3.05, 3.63) is 0 Å². The molecule has 4 nitrogen and oxygen atoms in total. The molecule has 0 aromatic carbocycles. The summed E-state index contributed by atoms with van der Waals surface area (Å²) < 4.78 is 5.46. The maximum atomic E-state index is 9.40. The van der Waals surface area contributed by atoms with Gasteiger partial charge in [-0.1, -0.05) is 19.0 Å². The second kappa shape index (κ2) is 3.94. The van der Waals surface area contributed by atoms with Crippen molar-refractivity contribution in [2.45, 2.75) is 39.2 Å². The van der Waals surface area contributed by atoms with Gasteiger partial charge in [0.1, 0.15) is 0 Å². The van der Waals surface area contributed by atoms with Crippen LogP contribution in [-0.4, -0.2) is 47.7 Å². The first-order valence-electron chi connectivity index (χ1n) is 7.05. The van der Waals surface area contributed by atoms with Crippen LogP contribution in [0.4, 0.5) is 0 Å². The Labute approximate surface area is 109 Å². The number of morpholine rings is 1. The molecule has 0 aromatic rings. The van der Waals surface area contributed by atoms with E-state index in [9.17, 15) is 5.21 Å². The van der Waals surface area contributed by atoms with Gasteiger partial charge in [-0.3, -0.25) is 4.90 Å². The summed E-state index contributed by atoms with van der Waals surface area (Å²) >= 11 is 0. The number of fused-ring (bicyclic) bond motifs is 2. The van der Waals surface area contributed by atoms with Gasteiger partial charge in [-0.05, 0) is 37.0 Å². The van der Waals surface area contributed by atoms with Gasteiger partial charge in [-0.2, -0.15) is 0 Å². The summed E-state index contributed by atoms with van der Waals surface area (Å²) in [6.45, 7) is 10.5. The van der Waals surface area contributed by atoms with E-state index in [1.807, 2.05) is 0 Å². The van der Waals surface area contributed by atoms with Crippen LogP contribution < -0.4 is 0 Å². The van der Waals surface area contributed by atoms with Gasteiger partial charge >= 0.3 is 0 Å². The van der Waals surface area contributed by atoms with Crippen molar-refractivity contribution in [2.24, 2.45) is 22.4 Å². The molecule has 1 saturated heterocycles. The van der Waals surface area contributed by atoms with Gasteiger partial charge in [0.05, 0.1) is 24.5 Å². The van der Waals surface area contributed by atoms with E-state index in [0.717, 1.165) is 38.4 Å². The zero-order valence-electron chi connectivity index (χ0n) is 11.6. The van der Waals surface area contributed by atoms with Gasteiger partial charge in [-0.25, -0.2) is 0 Å². The Hall–Kier alpha value is -0.610. The van der Waals surface area contributed by atoms with Crippen LogP contribution in [0.3, 0.4) is 0 Å². The molecule has 1 heterocycles. The lowest BCUT2D eigenvalue weighted by Gasteiger charge is -2.67. The van der Waals surface area contributed by atoms with Gasteiger partial charge in [0.2, 0.25) is 0 Å². The quantitative estimate of drug-likeness (QED) is 0.573. The van der Waals surface area contributed by atoms with Gasteiger partial charge in [0.15, 0.2) is 0 Å². The summed E-state index contributed by atoms with van der Waals surface area (Å²) in [5.74, 6) is 1.30. The molecule has 102 valence electrons. The van der Waals surface area contributed by atoms with Crippen LogP contribution in [0.1, 0.15) is 33.6 Å². The van der Waals surface area contributed by atoms with Crippen molar-refractivity contribution >= 4 is 5.71 Å². The molecule has 4 aliphatic rings. The number of nitrogens with zero attached hydrogens (tertiary/aromatic N) is 2. The fraction of sp³-hybridized carbons (Fsp3) is 0.929. The van der Waals surface area contributed by atoms with Gasteiger partial charge < -0.3 is 9.94 Å². The fourth-order valence-corrected chi connectivity index (χ4v) is 4.53. The lowest BCUT2D eigenvalue weighted by molar-refractivity contribution is -0.128. The van der Waals surface area contributed by atoms with Gasteiger partial charge in [0.25, 0.3) is 0 Å². The molecule has 1 aliphatic heterocycles. The number of rotatable bonds is 1. The average Bonchev–Trinajstić information content (AvgIpc) is 2.39. The molecule has 4 rings (SSSR count). The summed E-state index contributed by atoms with van der Waals surface area (Å²) in [5.41, 5.74) is 1.29. The van der Waals surface area contributed by atoms with Gasteiger partial charge in [0, 0.05) is 13.1 Å². The maximum Gasteiger partial charge on any atom is 0.0776 e. The van der Waals surface area contributed by atoms with E-state index >= 15 is 0 Å². The number of ether oxygens (including phenoxy) is 1. The average molecular weight is 252 g/mol. The van der Waals surface area contributed by atoms with Crippen LogP contribution in [0.15, 0.2) is 5.16 Å². The zero-order chi connectivity index (χ0) is 13.0. The standard InChI is InChI=1S/C14H24N2O2/c1-13(2)10-8-11(13)14(3,12(9-10)15-17)16-4-6-18-7-5-16/h10-11,17H,4-9H2,1-3H3. The first-order chi connectivity index (χ1) is 8.51. The second-order valence-electron chi connectivity index (χ2n) is 6.80. The molecule has 3 saturated carbocycles. The third-order valence-electron chi connectivity index (χ3n) is 5.96. The molecule has 4 fully saturated rings. The van der Waals surface area contributed by atoms with E-state index in [0.29, 0.717) is 17.3 Å². The molecule has 2 bridgehead atoms. The summed E-state index contributed by atoms with van der Waals surface area (Å²) in [7, 11) is 0. The highest BCUT2D eigenvalue weighted by Crippen LogP contribution is 2.63. The van der Waals surface area contributed by atoms with Crippen molar-refractivity contribution in [1.29, 1.82) is 0 Å². The Morgan fingerprint density at radius 1 is 1.28 bits per heavy atom. The Morgan fingerprint density at radius 2 is 1.94 bits per heavy atom. The van der Waals surface area contributed by atoms with Crippen LogP contribution >= 0.6 is 0 Å². The number of hydrogen-bond donors (Lipinski definition) is 1. The lowest BCUT2D eigenvalue weighted by Crippen LogP contribution is -2.72. The monoisotopic (exact) mass is 252 g/mol. The van der Waals surface area contributed by atoms with Gasteiger partial charge in [-0.15, -0.1) is 0 Å². The van der Waals surface area contributed by atoms with Crippen LogP contribution in [0.2, 0.25) is 0 Å². The van der Waals surface area contributed by atoms with Crippen molar-refractivity contribution < 1.29 is 9.94 Å². The van der Waals surface area contributed by atoms with E-state index in [1.165, 1.54) is 6.42 Å². The summed E-state index contributed by atoms with van der Waals surface area (Å²) in [6.07, 6.45) is 2.23. The second-order valence-corrected chi connectivity index (χ2v) is 6.80. The predicted molar refractivity (Wildman–Crippen MR) is 70.0 cm³/mol. The van der Waals surface area contributed by atoms with Crippen molar-refractivity contribution in [2.75, 3.05) is 26.3 Å². The van der Waals surface area contributed by atoms with E-state index in [2.05, 4.69) is 30.8 Å². The third-order valence-corrected chi connectivity index (χ3v) is 5.96.